The highest BCUT2D eigenvalue weighted by Crippen LogP contribution is 2.17. The van der Waals surface area contributed by atoms with Crippen molar-refractivity contribution in [2.45, 2.75) is 58.2 Å². The van der Waals surface area contributed by atoms with Crippen molar-refractivity contribution in [2.24, 2.45) is 0 Å². The molecule has 6 nitrogen and oxygen atoms in total. The minimum atomic E-state index is -3.18. The van der Waals surface area contributed by atoms with Crippen molar-refractivity contribution in [3.8, 4) is 0 Å². The molecule has 0 aromatic heterocycles. The molecular formula is C19H31N3O3S. The Bertz CT molecular complexity index is 695. The summed E-state index contributed by atoms with van der Waals surface area (Å²) in [7, 11) is -3.18. The number of hydrogen-bond acceptors (Lipinski definition) is 4. The minimum Gasteiger partial charge on any atom is -0.348 e. The van der Waals surface area contributed by atoms with Gasteiger partial charge in [-0.3, -0.25) is 9.69 Å². The predicted molar refractivity (Wildman–Crippen MR) is 104 cm³/mol. The van der Waals surface area contributed by atoms with Crippen LogP contribution in [0.3, 0.4) is 0 Å². The number of nitrogens with zero attached hydrogens (tertiary/aromatic N) is 1. The molecule has 0 aliphatic carbocycles. The first-order valence-electron chi connectivity index (χ1n) is 9.30. The topological polar surface area (TPSA) is 78.5 Å². The molecule has 1 aliphatic rings. The van der Waals surface area contributed by atoms with Gasteiger partial charge in [-0.1, -0.05) is 31.2 Å². The summed E-state index contributed by atoms with van der Waals surface area (Å²) in [4.78, 5) is 14.7. The maximum Gasteiger partial charge on any atom is 0.237 e. The van der Waals surface area contributed by atoms with Gasteiger partial charge >= 0.3 is 0 Å². The van der Waals surface area contributed by atoms with Crippen molar-refractivity contribution < 1.29 is 13.2 Å². The van der Waals surface area contributed by atoms with Crippen LogP contribution in [-0.4, -0.2) is 50.7 Å². The number of carbonyl (C=O) groups excluding carboxylic acids is 1. The van der Waals surface area contributed by atoms with E-state index in [2.05, 4.69) is 46.1 Å². The summed E-state index contributed by atoms with van der Waals surface area (Å²) in [5.41, 5.74) is 2.38. The molecule has 1 heterocycles. The van der Waals surface area contributed by atoms with Gasteiger partial charge in [-0.05, 0) is 44.2 Å². The number of likely N-dealkylation sites (tertiary alicyclic amines) is 1. The third kappa shape index (κ3) is 6.07. The number of aryl methyl sites for hydroxylation is 1. The summed E-state index contributed by atoms with van der Waals surface area (Å²) >= 11 is 0. The minimum absolute atomic E-state index is 0.00610. The second-order valence-corrected chi connectivity index (χ2v) is 8.98. The lowest BCUT2D eigenvalue weighted by Crippen LogP contribution is -2.51. The van der Waals surface area contributed by atoms with Crippen LogP contribution < -0.4 is 10.0 Å². The monoisotopic (exact) mass is 381 g/mol. The molecule has 1 fully saturated rings. The maximum absolute atomic E-state index is 12.6. The van der Waals surface area contributed by atoms with Gasteiger partial charge in [0.2, 0.25) is 15.9 Å². The van der Waals surface area contributed by atoms with Gasteiger partial charge in [0.05, 0.1) is 18.3 Å². The fourth-order valence-electron chi connectivity index (χ4n) is 3.33. The van der Waals surface area contributed by atoms with Gasteiger partial charge in [-0.25, -0.2) is 13.1 Å². The van der Waals surface area contributed by atoms with Gasteiger partial charge < -0.3 is 5.32 Å². The zero-order valence-electron chi connectivity index (χ0n) is 16.2. The van der Waals surface area contributed by atoms with Crippen molar-refractivity contribution in [1.82, 2.24) is 14.9 Å². The van der Waals surface area contributed by atoms with E-state index in [-0.39, 0.29) is 24.0 Å². The molecule has 0 spiro atoms. The van der Waals surface area contributed by atoms with Crippen LogP contribution in [0.15, 0.2) is 24.3 Å². The fourth-order valence-corrected chi connectivity index (χ4v) is 4.17. The summed E-state index contributed by atoms with van der Waals surface area (Å²) in [5.74, 6) is 0.00610. The van der Waals surface area contributed by atoms with E-state index in [4.69, 9.17) is 0 Å². The molecule has 2 unspecified atom stereocenters. The van der Waals surface area contributed by atoms with Gasteiger partial charge in [0.1, 0.15) is 0 Å². The molecule has 0 radical (unpaired) electrons. The quantitative estimate of drug-likeness (QED) is 0.755. The summed E-state index contributed by atoms with van der Waals surface area (Å²) in [6.07, 6.45) is 3.63. The number of amides is 1. The van der Waals surface area contributed by atoms with Gasteiger partial charge in [0.15, 0.2) is 0 Å². The van der Waals surface area contributed by atoms with E-state index < -0.39 is 10.0 Å². The number of rotatable bonds is 7. The molecule has 1 aromatic rings. The van der Waals surface area contributed by atoms with Gasteiger partial charge in [-0.15, -0.1) is 0 Å². The van der Waals surface area contributed by atoms with Crippen LogP contribution in [0.4, 0.5) is 0 Å². The SMILES string of the molecule is CCc1ccc(C(C)NC(=O)C(C)N2CCC(NS(C)(=O)=O)CC2)cc1. The van der Waals surface area contributed by atoms with Crippen molar-refractivity contribution >= 4 is 15.9 Å². The number of nitrogens with one attached hydrogen (secondary N) is 2. The van der Waals surface area contributed by atoms with Crippen LogP contribution in [0, 0.1) is 0 Å². The average molecular weight is 382 g/mol. The smallest absolute Gasteiger partial charge is 0.237 e. The van der Waals surface area contributed by atoms with Gasteiger partial charge in [0, 0.05) is 19.1 Å². The van der Waals surface area contributed by atoms with Crippen molar-refractivity contribution in [3.05, 3.63) is 35.4 Å². The first kappa shape index (κ1) is 20.9. The second-order valence-electron chi connectivity index (χ2n) is 7.20. The Morgan fingerprint density at radius 1 is 1.19 bits per heavy atom. The first-order chi connectivity index (χ1) is 12.2. The van der Waals surface area contributed by atoms with E-state index in [0.29, 0.717) is 13.1 Å². The highest BCUT2D eigenvalue weighted by Gasteiger charge is 2.28. The molecule has 0 saturated carbocycles. The van der Waals surface area contributed by atoms with Crippen LogP contribution in [0.5, 0.6) is 0 Å². The molecule has 0 bridgehead atoms. The van der Waals surface area contributed by atoms with Crippen LogP contribution in [-0.2, 0) is 21.2 Å². The lowest BCUT2D eigenvalue weighted by atomic mass is 10.0. The maximum atomic E-state index is 12.6. The zero-order chi connectivity index (χ0) is 19.3. The summed E-state index contributed by atoms with van der Waals surface area (Å²) in [6.45, 7) is 7.44. The second kappa shape index (κ2) is 8.97. The number of sulfonamides is 1. The molecule has 2 atom stereocenters. The molecule has 2 rings (SSSR count). The summed E-state index contributed by atoms with van der Waals surface area (Å²) in [6, 6.07) is 8.02. The Morgan fingerprint density at radius 3 is 2.27 bits per heavy atom. The van der Waals surface area contributed by atoms with Gasteiger partial charge in [0.25, 0.3) is 0 Å². The van der Waals surface area contributed by atoms with Crippen molar-refractivity contribution in [2.75, 3.05) is 19.3 Å². The van der Waals surface area contributed by atoms with E-state index in [9.17, 15) is 13.2 Å². The van der Waals surface area contributed by atoms with Gasteiger partial charge in [-0.2, -0.15) is 0 Å². The molecule has 1 amide bonds. The molecular weight excluding hydrogens is 350 g/mol. The Hall–Kier alpha value is -1.44. The first-order valence-corrected chi connectivity index (χ1v) is 11.2. The van der Waals surface area contributed by atoms with E-state index in [1.807, 2.05) is 13.8 Å². The van der Waals surface area contributed by atoms with E-state index in [1.54, 1.807) is 0 Å². The zero-order valence-corrected chi connectivity index (χ0v) is 17.0. The lowest BCUT2D eigenvalue weighted by Gasteiger charge is -2.35. The highest BCUT2D eigenvalue weighted by atomic mass is 32.2. The summed E-state index contributed by atoms with van der Waals surface area (Å²) in [5, 5.41) is 3.09. The van der Waals surface area contributed by atoms with E-state index in [0.717, 1.165) is 24.8 Å². The number of carbonyl (C=O) groups is 1. The third-order valence-corrected chi connectivity index (χ3v) is 5.85. The van der Waals surface area contributed by atoms with Crippen LogP contribution in [0.25, 0.3) is 0 Å². The third-order valence-electron chi connectivity index (χ3n) is 5.08. The molecule has 1 saturated heterocycles. The Labute approximate surface area is 157 Å². The Balaban J connectivity index is 1.85. The molecule has 2 N–H and O–H groups in total. The van der Waals surface area contributed by atoms with Crippen LogP contribution >= 0.6 is 0 Å². The summed E-state index contributed by atoms with van der Waals surface area (Å²) < 4.78 is 25.3. The number of piperidine rings is 1. The van der Waals surface area contributed by atoms with Crippen LogP contribution in [0.2, 0.25) is 0 Å². The Morgan fingerprint density at radius 2 is 1.77 bits per heavy atom. The molecule has 146 valence electrons. The van der Waals surface area contributed by atoms with Crippen LogP contribution in [0.1, 0.15) is 50.8 Å². The number of hydrogen-bond donors (Lipinski definition) is 2. The average Bonchev–Trinajstić information content (AvgIpc) is 2.60. The molecule has 26 heavy (non-hydrogen) atoms. The molecule has 7 heteroatoms. The predicted octanol–water partition coefficient (Wildman–Crippen LogP) is 1.83. The molecule has 1 aliphatic heterocycles. The Kier molecular flexibility index (Phi) is 7.20. The number of benzene rings is 1. The largest absolute Gasteiger partial charge is 0.348 e. The van der Waals surface area contributed by atoms with Crippen molar-refractivity contribution in [3.63, 3.8) is 0 Å². The standard InChI is InChI=1S/C19H31N3O3S/c1-5-16-6-8-17(9-7-16)14(2)20-19(23)15(3)22-12-10-18(11-13-22)21-26(4,24)25/h6-9,14-15,18,21H,5,10-13H2,1-4H3,(H,20,23). The lowest BCUT2D eigenvalue weighted by molar-refractivity contribution is -0.127. The van der Waals surface area contributed by atoms with E-state index >= 15 is 0 Å². The molecule has 1 aromatic carbocycles. The van der Waals surface area contributed by atoms with Crippen molar-refractivity contribution in [1.29, 1.82) is 0 Å². The van der Waals surface area contributed by atoms with E-state index in [1.165, 1.54) is 11.8 Å². The highest BCUT2D eigenvalue weighted by molar-refractivity contribution is 7.88. The fraction of sp³-hybridized carbons (Fsp3) is 0.632. The normalized spacial score (nSPS) is 19.1.